The topological polar surface area (TPSA) is 56.2 Å². The first-order chi connectivity index (χ1) is 13.3. The monoisotopic (exact) mass is 382 g/mol. The summed E-state index contributed by atoms with van der Waals surface area (Å²) in [5.41, 5.74) is 6.43. The van der Waals surface area contributed by atoms with Crippen LogP contribution < -0.4 is 4.74 Å². The molecular weight excluding hydrogens is 352 g/mol. The average Bonchev–Trinajstić information content (AvgIpc) is 2.67. The maximum absolute atomic E-state index is 11.2. The summed E-state index contributed by atoms with van der Waals surface area (Å²) in [6.07, 6.45) is 1.80. The van der Waals surface area contributed by atoms with Gasteiger partial charge >= 0.3 is 0 Å². The minimum absolute atomic E-state index is 0.164. The summed E-state index contributed by atoms with van der Waals surface area (Å²) in [5.74, 6) is 0.911. The van der Waals surface area contributed by atoms with Crippen LogP contribution in [-0.2, 0) is 12.8 Å². The van der Waals surface area contributed by atoms with Gasteiger partial charge in [0.1, 0.15) is 5.75 Å². The standard InChI is InChI=1S/C23H30N2O3/c1-13-20-15(6-8-24(13)3)10-17(26)12-18(20)22-21-14(2)25(4)9-7-16(21)11-19(28-5)23(22)27/h10-14,26-27H,6-9H2,1-5H3. The van der Waals surface area contributed by atoms with E-state index in [2.05, 4.69) is 37.7 Å². The van der Waals surface area contributed by atoms with E-state index in [-0.39, 0.29) is 23.6 Å². The Hall–Kier alpha value is -2.24. The van der Waals surface area contributed by atoms with Crippen molar-refractivity contribution in [2.45, 2.75) is 38.8 Å². The van der Waals surface area contributed by atoms with E-state index in [4.69, 9.17) is 4.74 Å². The zero-order valence-electron chi connectivity index (χ0n) is 17.4. The molecule has 5 nitrogen and oxygen atoms in total. The van der Waals surface area contributed by atoms with Gasteiger partial charge in [-0.1, -0.05) is 0 Å². The number of benzene rings is 2. The van der Waals surface area contributed by atoms with Crippen molar-refractivity contribution >= 4 is 0 Å². The van der Waals surface area contributed by atoms with Crippen LogP contribution in [0.1, 0.15) is 48.2 Å². The number of likely N-dealkylation sites (N-methyl/N-ethyl adjacent to an activating group) is 2. The number of aromatic hydroxyl groups is 2. The molecule has 4 rings (SSSR count). The summed E-state index contributed by atoms with van der Waals surface area (Å²) in [6, 6.07) is 6.04. The Kier molecular flexibility index (Phi) is 4.76. The minimum atomic E-state index is 0.164. The Morgan fingerprint density at radius 3 is 2.07 bits per heavy atom. The number of nitrogens with zero attached hydrogens (tertiary/aromatic N) is 2. The first-order valence-electron chi connectivity index (χ1n) is 10.0. The van der Waals surface area contributed by atoms with E-state index < -0.39 is 0 Å². The van der Waals surface area contributed by atoms with Crippen LogP contribution in [0.25, 0.3) is 11.1 Å². The van der Waals surface area contributed by atoms with Crippen LogP contribution >= 0.6 is 0 Å². The molecule has 2 aliphatic rings. The van der Waals surface area contributed by atoms with Gasteiger partial charge in [-0.2, -0.15) is 0 Å². The Bertz CT molecular complexity index is 925. The molecule has 0 aliphatic carbocycles. The third-order valence-electron chi connectivity index (χ3n) is 6.76. The molecule has 28 heavy (non-hydrogen) atoms. The van der Waals surface area contributed by atoms with Crippen LogP contribution in [0.4, 0.5) is 0 Å². The van der Waals surface area contributed by atoms with Crippen LogP contribution in [-0.4, -0.2) is 54.3 Å². The highest BCUT2D eigenvalue weighted by Crippen LogP contribution is 2.50. The van der Waals surface area contributed by atoms with Crippen molar-refractivity contribution in [1.29, 1.82) is 0 Å². The lowest BCUT2D eigenvalue weighted by Crippen LogP contribution is -2.32. The van der Waals surface area contributed by atoms with Gasteiger partial charge in [0.15, 0.2) is 11.5 Å². The van der Waals surface area contributed by atoms with Crippen LogP contribution in [0.3, 0.4) is 0 Å². The maximum Gasteiger partial charge on any atom is 0.166 e. The lowest BCUT2D eigenvalue weighted by Gasteiger charge is -2.37. The van der Waals surface area contributed by atoms with Gasteiger partial charge in [-0.05, 0) is 86.8 Å². The minimum Gasteiger partial charge on any atom is -0.508 e. The molecule has 0 spiro atoms. The van der Waals surface area contributed by atoms with E-state index in [0.717, 1.165) is 48.2 Å². The molecule has 2 unspecified atom stereocenters. The van der Waals surface area contributed by atoms with Gasteiger partial charge in [0.05, 0.1) is 7.11 Å². The molecule has 0 bridgehead atoms. The third kappa shape index (κ3) is 2.85. The molecule has 0 fully saturated rings. The second-order valence-corrected chi connectivity index (χ2v) is 8.25. The van der Waals surface area contributed by atoms with Crippen LogP contribution in [0.2, 0.25) is 0 Å². The SMILES string of the molecule is COc1cc2c(c(-c3cc(O)cc4c3C(C)N(C)CC4)c1O)C(C)N(C)CC2. The van der Waals surface area contributed by atoms with Crippen molar-refractivity contribution in [3.05, 3.63) is 40.5 Å². The van der Waals surface area contributed by atoms with Crippen molar-refractivity contribution in [2.75, 3.05) is 34.3 Å². The lowest BCUT2D eigenvalue weighted by atomic mass is 9.80. The van der Waals surface area contributed by atoms with E-state index in [1.165, 1.54) is 11.1 Å². The van der Waals surface area contributed by atoms with E-state index >= 15 is 0 Å². The van der Waals surface area contributed by atoms with Gasteiger partial charge in [0.2, 0.25) is 0 Å². The fourth-order valence-corrected chi connectivity index (χ4v) is 4.85. The molecule has 2 N–H and O–H groups in total. The molecule has 0 amide bonds. The second kappa shape index (κ2) is 6.98. The number of ether oxygens (including phenoxy) is 1. The van der Waals surface area contributed by atoms with E-state index in [1.54, 1.807) is 7.11 Å². The largest absolute Gasteiger partial charge is 0.508 e. The molecule has 150 valence electrons. The van der Waals surface area contributed by atoms with Crippen molar-refractivity contribution in [3.63, 3.8) is 0 Å². The number of methoxy groups -OCH3 is 1. The summed E-state index contributed by atoms with van der Waals surface area (Å²) < 4.78 is 5.52. The quantitative estimate of drug-likeness (QED) is 0.826. The fourth-order valence-electron chi connectivity index (χ4n) is 4.85. The van der Waals surface area contributed by atoms with E-state index in [1.807, 2.05) is 18.2 Å². The van der Waals surface area contributed by atoms with Gasteiger partial charge in [-0.15, -0.1) is 0 Å². The zero-order valence-corrected chi connectivity index (χ0v) is 17.4. The van der Waals surface area contributed by atoms with Gasteiger partial charge < -0.3 is 14.9 Å². The van der Waals surface area contributed by atoms with Crippen molar-refractivity contribution in [1.82, 2.24) is 9.80 Å². The van der Waals surface area contributed by atoms with Crippen molar-refractivity contribution < 1.29 is 14.9 Å². The summed E-state index contributed by atoms with van der Waals surface area (Å²) in [7, 11) is 5.84. The van der Waals surface area contributed by atoms with Crippen LogP contribution in [0.5, 0.6) is 17.2 Å². The average molecular weight is 383 g/mol. The highest BCUT2D eigenvalue weighted by atomic mass is 16.5. The highest BCUT2D eigenvalue weighted by molar-refractivity contribution is 5.83. The Morgan fingerprint density at radius 1 is 0.893 bits per heavy atom. The maximum atomic E-state index is 11.2. The number of hydrogen-bond donors (Lipinski definition) is 2. The van der Waals surface area contributed by atoms with E-state index in [9.17, 15) is 10.2 Å². The molecule has 2 aliphatic heterocycles. The van der Waals surface area contributed by atoms with Crippen molar-refractivity contribution in [2.24, 2.45) is 0 Å². The summed E-state index contributed by atoms with van der Waals surface area (Å²) in [4.78, 5) is 4.63. The van der Waals surface area contributed by atoms with Crippen molar-refractivity contribution in [3.8, 4) is 28.4 Å². The van der Waals surface area contributed by atoms with Gasteiger partial charge in [-0.3, -0.25) is 9.80 Å². The van der Waals surface area contributed by atoms with Crippen LogP contribution in [0.15, 0.2) is 18.2 Å². The zero-order chi connectivity index (χ0) is 20.2. The van der Waals surface area contributed by atoms with E-state index in [0.29, 0.717) is 5.75 Å². The predicted octanol–water partition coefficient (Wildman–Crippen LogP) is 3.87. The summed E-state index contributed by atoms with van der Waals surface area (Å²) in [5, 5.41) is 21.7. The second-order valence-electron chi connectivity index (χ2n) is 8.25. The molecule has 0 saturated heterocycles. The Morgan fingerprint density at radius 2 is 1.46 bits per heavy atom. The lowest BCUT2D eigenvalue weighted by molar-refractivity contribution is 0.245. The first-order valence-corrected chi connectivity index (χ1v) is 10.0. The molecular formula is C23H30N2O3. The number of fused-ring (bicyclic) bond motifs is 2. The summed E-state index contributed by atoms with van der Waals surface area (Å²) >= 11 is 0. The highest BCUT2D eigenvalue weighted by Gasteiger charge is 2.32. The molecule has 0 saturated carbocycles. The predicted molar refractivity (Wildman–Crippen MR) is 111 cm³/mol. The molecule has 5 heteroatoms. The van der Waals surface area contributed by atoms with Gasteiger partial charge in [0.25, 0.3) is 0 Å². The molecule has 2 aromatic rings. The molecule has 2 atom stereocenters. The number of rotatable bonds is 2. The number of phenolic OH excluding ortho intramolecular Hbond substituents is 2. The summed E-state index contributed by atoms with van der Waals surface area (Å²) in [6.45, 7) is 6.30. The third-order valence-corrected chi connectivity index (χ3v) is 6.76. The number of hydrogen-bond acceptors (Lipinski definition) is 5. The normalized spacial score (nSPS) is 22.6. The molecule has 2 aromatic carbocycles. The smallest absolute Gasteiger partial charge is 0.166 e. The Labute approximate surface area is 167 Å². The molecule has 0 radical (unpaired) electrons. The molecule has 0 aromatic heterocycles. The van der Waals surface area contributed by atoms with Crippen LogP contribution in [0, 0.1) is 0 Å². The fraction of sp³-hybridized carbons (Fsp3) is 0.478. The Balaban J connectivity index is 2.07. The van der Waals surface area contributed by atoms with Gasteiger partial charge in [0, 0.05) is 30.7 Å². The van der Waals surface area contributed by atoms with Gasteiger partial charge in [-0.25, -0.2) is 0 Å². The number of phenols is 2. The first kappa shape index (κ1) is 19.1. The molecule has 2 heterocycles.